The molecule has 5 nitrogen and oxygen atoms in total. The van der Waals surface area contributed by atoms with Gasteiger partial charge in [0.2, 0.25) is 0 Å². The van der Waals surface area contributed by atoms with Crippen molar-refractivity contribution in [3.8, 4) is 0 Å². The molecular formula is C10H11N3O2. The van der Waals surface area contributed by atoms with Crippen LogP contribution in [0.4, 0.5) is 0 Å². The van der Waals surface area contributed by atoms with Gasteiger partial charge in [0.15, 0.2) is 0 Å². The molecule has 2 aromatic rings. The van der Waals surface area contributed by atoms with Crippen LogP contribution in [0.3, 0.4) is 0 Å². The molecule has 2 aromatic heterocycles. The van der Waals surface area contributed by atoms with Gasteiger partial charge in [-0.1, -0.05) is 6.07 Å². The molecule has 0 saturated heterocycles. The van der Waals surface area contributed by atoms with Crippen LogP contribution in [-0.2, 0) is 4.79 Å². The number of nitrogens with two attached hydrogens (primary N) is 1. The van der Waals surface area contributed by atoms with Crippen LogP contribution < -0.4 is 5.73 Å². The second-order valence-electron chi connectivity index (χ2n) is 3.39. The number of carboxylic acids is 1. The van der Waals surface area contributed by atoms with E-state index in [0.717, 1.165) is 11.2 Å². The molecule has 0 spiro atoms. The molecular weight excluding hydrogens is 194 g/mol. The fourth-order valence-corrected chi connectivity index (χ4v) is 1.45. The molecule has 78 valence electrons. The highest BCUT2D eigenvalue weighted by molar-refractivity contribution is 5.75. The van der Waals surface area contributed by atoms with E-state index in [9.17, 15) is 4.79 Å². The summed E-state index contributed by atoms with van der Waals surface area (Å²) >= 11 is 0. The van der Waals surface area contributed by atoms with Gasteiger partial charge in [-0.25, -0.2) is 4.52 Å². The number of rotatable bonds is 2. The van der Waals surface area contributed by atoms with Gasteiger partial charge in [-0.2, -0.15) is 5.10 Å². The number of carboxylic acid groups (broad SMARTS) is 1. The Morgan fingerprint density at radius 1 is 1.60 bits per heavy atom. The number of nitrogens with zero attached hydrogens (tertiary/aromatic N) is 2. The fourth-order valence-electron chi connectivity index (χ4n) is 1.45. The van der Waals surface area contributed by atoms with Crippen molar-refractivity contribution >= 4 is 11.5 Å². The highest BCUT2D eigenvalue weighted by atomic mass is 16.4. The van der Waals surface area contributed by atoms with E-state index in [-0.39, 0.29) is 0 Å². The van der Waals surface area contributed by atoms with E-state index in [1.807, 2.05) is 25.1 Å². The Balaban J connectivity index is 2.56. The van der Waals surface area contributed by atoms with E-state index in [1.54, 1.807) is 10.6 Å². The van der Waals surface area contributed by atoms with Crippen LogP contribution >= 0.6 is 0 Å². The van der Waals surface area contributed by atoms with Crippen LogP contribution in [0.15, 0.2) is 24.3 Å². The third-order valence-electron chi connectivity index (χ3n) is 2.28. The molecule has 0 fully saturated rings. The quantitative estimate of drug-likeness (QED) is 0.757. The summed E-state index contributed by atoms with van der Waals surface area (Å²) in [5.41, 5.74) is 7.64. The zero-order valence-corrected chi connectivity index (χ0v) is 8.21. The van der Waals surface area contributed by atoms with Gasteiger partial charge < -0.3 is 10.8 Å². The molecule has 0 aromatic carbocycles. The molecule has 0 aliphatic rings. The van der Waals surface area contributed by atoms with Crippen molar-refractivity contribution in [2.24, 2.45) is 5.73 Å². The highest BCUT2D eigenvalue weighted by Gasteiger charge is 2.17. The van der Waals surface area contributed by atoms with Crippen LogP contribution in [0.25, 0.3) is 5.52 Å². The second kappa shape index (κ2) is 3.36. The molecule has 2 heterocycles. The summed E-state index contributed by atoms with van der Waals surface area (Å²) in [6.07, 6.45) is 0. The van der Waals surface area contributed by atoms with Crippen molar-refractivity contribution < 1.29 is 9.90 Å². The van der Waals surface area contributed by atoms with Gasteiger partial charge in [0.25, 0.3) is 0 Å². The van der Waals surface area contributed by atoms with Gasteiger partial charge in [0.1, 0.15) is 6.04 Å². The number of aliphatic carboxylic acids is 1. The molecule has 0 amide bonds. The van der Waals surface area contributed by atoms with Gasteiger partial charge in [0, 0.05) is 5.69 Å². The molecule has 3 N–H and O–H groups in total. The Morgan fingerprint density at radius 2 is 2.33 bits per heavy atom. The first kappa shape index (κ1) is 9.67. The number of aryl methyl sites for hydroxylation is 1. The number of aromatic nitrogens is 2. The Kier molecular flexibility index (Phi) is 2.17. The van der Waals surface area contributed by atoms with E-state index < -0.39 is 12.0 Å². The molecule has 0 aliphatic heterocycles. The van der Waals surface area contributed by atoms with E-state index >= 15 is 0 Å². The molecule has 0 aliphatic carbocycles. The summed E-state index contributed by atoms with van der Waals surface area (Å²) in [5.74, 6) is -1.07. The number of fused-ring (bicyclic) bond motifs is 1. The van der Waals surface area contributed by atoms with Crippen LogP contribution in [0, 0.1) is 6.92 Å². The maximum absolute atomic E-state index is 10.7. The zero-order chi connectivity index (χ0) is 11.0. The lowest BCUT2D eigenvalue weighted by Crippen LogP contribution is -2.21. The Bertz CT molecular complexity index is 518. The van der Waals surface area contributed by atoms with Gasteiger partial charge in [-0.3, -0.25) is 4.79 Å². The van der Waals surface area contributed by atoms with Gasteiger partial charge in [0.05, 0.1) is 11.2 Å². The predicted octanol–water partition coefficient (Wildman–Crippen LogP) is 0.727. The lowest BCUT2D eigenvalue weighted by molar-refractivity contribution is -0.138. The molecule has 0 saturated carbocycles. The van der Waals surface area contributed by atoms with Crippen molar-refractivity contribution in [1.82, 2.24) is 9.61 Å². The molecule has 1 unspecified atom stereocenters. The minimum Gasteiger partial charge on any atom is -0.480 e. The number of hydrogen-bond acceptors (Lipinski definition) is 3. The molecule has 1 atom stereocenters. The average molecular weight is 205 g/mol. The third kappa shape index (κ3) is 1.57. The molecule has 15 heavy (non-hydrogen) atoms. The monoisotopic (exact) mass is 205 g/mol. The lowest BCUT2D eigenvalue weighted by Gasteiger charge is -2.00. The SMILES string of the molecule is Cc1cccc2cc(C(N)C(=O)O)nn12. The molecule has 0 radical (unpaired) electrons. The van der Waals surface area contributed by atoms with Crippen molar-refractivity contribution in [1.29, 1.82) is 0 Å². The summed E-state index contributed by atoms with van der Waals surface area (Å²) in [4.78, 5) is 10.7. The van der Waals surface area contributed by atoms with Crippen molar-refractivity contribution in [2.45, 2.75) is 13.0 Å². The van der Waals surface area contributed by atoms with Crippen molar-refractivity contribution in [3.63, 3.8) is 0 Å². The Morgan fingerprint density at radius 3 is 2.93 bits per heavy atom. The van der Waals surface area contributed by atoms with E-state index in [2.05, 4.69) is 5.10 Å². The maximum atomic E-state index is 10.7. The first-order valence-electron chi connectivity index (χ1n) is 4.53. The molecule has 2 rings (SSSR count). The minimum absolute atomic E-state index is 0.372. The normalized spacial score (nSPS) is 12.9. The highest BCUT2D eigenvalue weighted by Crippen LogP contribution is 2.13. The lowest BCUT2D eigenvalue weighted by atomic mass is 10.2. The number of carbonyl (C=O) groups is 1. The standard InChI is InChI=1S/C10H11N3O2/c1-6-3-2-4-7-5-8(12-13(6)7)9(11)10(14)15/h2-5,9H,11H2,1H3,(H,14,15). The predicted molar refractivity (Wildman–Crippen MR) is 54.5 cm³/mol. The minimum atomic E-state index is -1.07. The molecule has 5 heteroatoms. The van der Waals surface area contributed by atoms with Crippen molar-refractivity contribution in [2.75, 3.05) is 0 Å². The summed E-state index contributed by atoms with van der Waals surface area (Å²) in [5, 5.41) is 12.9. The van der Waals surface area contributed by atoms with E-state index in [1.165, 1.54) is 0 Å². The summed E-state index contributed by atoms with van der Waals surface area (Å²) in [6.45, 7) is 1.90. The zero-order valence-electron chi connectivity index (χ0n) is 8.21. The van der Waals surface area contributed by atoms with Crippen LogP contribution in [0.2, 0.25) is 0 Å². The summed E-state index contributed by atoms with van der Waals surface area (Å²) < 4.78 is 1.68. The first-order valence-corrected chi connectivity index (χ1v) is 4.53. The number of pyridine rings is 1. The Labute approximate surface area is 86.1 Å². The number of hydrogen-bond donors (Lipinski definition) is 2. The van der Waals surface area contributed by atoms with Gasteiger partial charge >= 0.3 is 5.97 Å². The fraction of sp³-hybridized carbons (Fsp3) is 0.200. The first-order chi connectivity index (χ1) is 7.09. The third-order valence-corrected chi connectivity index (χ3v) is 2.28. The van der Waals surface area contributed by atoms with Crippen molar-refractivity contribution in [3.05, 3.63) is 35.7 Å². The smallest absolute Gasteiger partial charge is 0.326 e. The maximum Gasteiger partial charge on any atom is 0.326 e. The largest absolute Gasteiger partial charge is 0.480 e. The second-order valence-corrected chi connectivity index (χ2v) is 3.39. The van der Waals surface area contributed by atoms with Gasteiger partial charge in [-0.05, 0) is 25.1 Å². The van der Waals surface area contributed by atoms with Crippen LogP contribution in [0.5, 0.6) is 0 Å². The van der Waals surface area contributed by atoms with Gasteiger partial charge in [-0.15, -0.1) is 0 Å². The van der Waals surface area contributed by atoms with E-state index in [0.29, 0.717) is 5.69 Å². The molecule has 0 bridgehead atoms. The summed E-state index contributed by atoms with van der Waals surface area (Å²) in [7, 11) is 0. The van der Waals surface area contributed by atoms with E-state index in [4.69, 9.17) is 10.8 Å². The van der Waals surface area contributed by atoms with Crippen LogP contribution in [0.1, 0.15) is 17.4 Å². The Hall–Kier alpha value is -1.88. The summed E-state index contributed by atoms with van der Waals surface area (Å²) in [6, 6.07) is 6.27. The average Bonchev–Trinajstić information content (AvgIpc) is 2.61. The van der Waals surface area contributed by atoms with Crippen LogP contribution in [-0.4, -0.2) is 20.7 Å². The topological polar surface area (TPSA) is 80.6 Å².